The summed E-state index contributed by atoms with van der Waals surface area (Å²) in [5, 5.41) is 5.90. The van der Waals surface area contributed by atoms with Crippen LogP contribution in [-0.2, 0) is 0 Å². The van der Waals surface area contributed by atoms with Gasteiger partial charge in [-0.3, -0.25) is 0 Å². The van der Waals surface area contributed by atoms with E-state index in [9.17, 15) is 0 Å². The molecule has 6 heteroatoms. The number of hydrogen-bond acceptors (Lipinski definition) is 3. The first-order valence-electron chi connectivity index (χ1n) is 24.0. The molecule has 10 aromatic carbocycles. The molecule has 4 heterocycles. The van der Waals surface area contributed by atoms with Crippen molar-refractivity contribution in [2.75, 3.05) is 0 Å². The quantitative estimate of drug-likeness (QED) is 0.153. The Morgan fingerprint density at radius 3 is 1.34 bits per heavy atom. The molecule has 0 saturated heterocycles. The monoisotopic (exact) mass is 906 g/mol. The zero-order valence-electron chi connectivity index (χ0n) is 38.4. The van der Waals surface area contributed by atoms with Crippen molar-refractivity contribution in [1.82, 2.24) is 28.7 Å². The number of fused-ring (bicyclic) bond motifs is 7. The molecule has 0 radical (unpaired) electrons. The first kappa shape index (κ1) is 40.4. The maximum atomic E-state index is 5.26. The van der Waals surface area contributed by atoms with E-state index in [0.29, 0.717) is 17.5 Å². The minimum Gasteiger partial charge on any atom is -0.317 e. The van der Waals surface area contributed by atoms with E-state index in [0.717, 1.165) is 72.3 Å². The SMILES string of the molecule is c1ccc(-c2ccc3c(ccn3-c3cccc(-c4ccc5c(c4)c4ccccc4n5-c4cccc(-c5nc(-c6ccccc6)nc(-c6ccc7c(c6)c6ccccc6n7-c6ccccc6)n5)c4)c3)c2)cc1. The van der Waals surface area contributed by atoms with Gasteiger partial charge in [0, 0.05) is 66.9 Å². The highest BCUT2D eigenvalue weighted by molar-refractivity contribution is 6.11. The molecule has 332 valence electrons. The minimum atomic E-state index is 0.609. The Hall–Kier alpha value is -9.65. The van der Waals surface area contributed by atoms with Crippen molar-refractivity contribution in [3.8, 4) is 73.5 Å². The summed E-state index contributed by atoms with van der Waals surface area (Å²) in [6.07, 6.45) is 2.18. The Balaban J connectivity index is 0.857. The molecule has 6 nitrogen and oxygen atoms in total. The normalized spacial score (nSPS) is 11.7. The molecule has 0 amide bonds. The van der Waals surface area contributed by atoms with E-state index in [2.05, 4.69) is 250 Å². The van der Waals surface area contributed by atoms with Crippen LogP contribution >= 0.6 is 0 Å². The van der Waals surface area contributed by atoms with Crippen molar-refractivity contribution in [2.45, 2.75) is 0 Å². The van der Waals surface area contributed by atoms with Crippen LogP contribution in [0.5, 0.6) is 0 Å². The average molecular weight is 907 g/mol. The minimum absolute atomic E-state index is 0.609. The molecule has 0 bridgehead atoms. The summed E-state index contributed by atoms with van der Waals surface area (Å²) >= 11 is 0. The highest BCUT2D eigenvalue weighted by Crippen LogP contribution is 2.38. The van der Waals surface area contributed by atoms with Gasteiger partial charge >= 0.3 is 0 Å². The molecule has 0 spiro atoms. The van der Waals surface area contributed by atoms with Crippen molar-refractivity contribution in [1.29, 1.82) is 0 Å². The third-order valence-corrected chi connectivity index (χ3v) is 13.9. The van der Waals surface area contributed by atoms with Crippen LogP contribution in [0.1, 0.15) is 0 Å². The van der Waals surface area contributed by atoms with Crippen molar-refractivity contribution in [2.24, 2.45) is 0 Å². The highest BCUT2D eigenvalue weighted by atomic mass is 15.0. The molecule has 0 aliphatic heterocycles. The molecular weight excluding hydrogens is 865 g/mol. The summed E-state index contributed by atoms with van der Waals surface area (Å²) in [7, 11) is 0. The topological polar surface area (TPSA) is 53.5 Å². The van der Waals surface area contributed by atoms with E-state index in [1.54, 1.807) is 0 Å². The number of benzene rings is 10. The Kier molecular flexibility index (Phi) is 9.42. The zero-order valence-corrected chi connectivity index (χ0v) is 38.4. The Labute approximate surface area is 409 Å². The molecule has 14 rings (SSSR count). The number of para-hydroxylation sites is 3. The van der Waals surface area contributed by atoms with Crippen LogP contribution in [0.2, 0.25) is 0 Å². The zero-order chi connectivity index (χ0) is 46.8. The summed E-state index contributed by atoms with van der Waals surface area (Å²) in [6, 6.07) is 88.4. The van der Waals surface area contributed by atoms with E-state index >= 15 is 0 Å². The lowest BCUT2D eigenvalue weighted by molar-refractivity contribution is 1.07. The lowest BCUT2D eigenvalue weighted by Gasteiger charge is -2.12. The van der Waals surface area contributed by atoms with Gasteiger partial charge in [0.05, 0.1) is 27.6 Å². The van der Waals surface area contributed by atoms with Gasteiger partial charge in [-0.1, -0.05) is 152 Å². The van der Waals surface area contributed by atoms with Gasteiger partial charge < -0.3 is 13.7 Å². The number of aromatic nitrogens is 6. The second kappa shape index (κ2) is 16.5. The van der Waals surface area contributed by atoms with Gasteiger partial charge in [-0.15, -0.1) is 0 Å². The summed E-state index contributed by atoms with van der Waals surface area (Å²) < 4.78 is 6.98. The first-order chi connectivity index (χ1) is 35.2. The third kappa shape index (κ3) is 6.92. The lowest BCUT2D eigenvalue weighted by Crippen LogP contribution is -2.01. The molecule has 71 heavy (non-hydrogen) atoms. The largest absolute Gasteiger partial charge is 0.317 e. The van der Waals surface area contributed by atoms with Crippen molar-refractivity contribution in [3.63, 3.8) is 0 Å². The molecule has 0 aliphatic carbocycles. The van der Waals surface area contributed by atoms with Crippen LogP contribution in [0.25, 0.3) is 128 Å². The molecule has 0 atom stereocenters. The predicted octanol–water partition coefficient (Wildman–Crippen LogP) is 16.3. The number of nitrogens with zero attached hydrogens (tertiary/aromatic N) is 6. The summed E-state index contributed by atoms with van der Waals surface area (Å²) in [4.78, 5) is 15.6. The molecule has 0 fully saturated rings. The van der Waals surface area contributed by atoms with E-state index in [1.807, 2.05) is 18.2 Å². The Morgan fingerprint density at radius 2 is 0.662 bits per heavy atom. The van der Waals surface area contributed by atoms with Gasteiger partial charge in [0.15, 0.2) is 17.5 Å². The predicted molar refractivity (Wildman–Crippen MR) is 293 cm³/mol. The van der Waals surface area contributed by atoms with Crippen LogP contribution in [0.15, 0.2) is 255 Å². The molecule has 4 aromatic heterocycles. The van der Waals surface area contributed by atoms with E-state index in [-0.39, 0.29) is 0 Å². The summed E-state index contributed by atoms with van der Waals surface area (Å²) in [5.74, 6) is 1.85. The lowest BCUT2D eigenvalue weighted by atomic mass is 10.0. The Morgan fingerprint density at radius 1 is 0.239 bits per heavy atom. The molecule has 0 aliphatic rings. The molecule has 0 N–H and O–H groups in total. The van der Waals surface area contributed by atoms with Crippen molar-refractivity contribution in [3.05, 3.63) is 255 Å². The van der Waals surface area contributed by atoms with Crippen LogP contribution in [0.4, 0.5) is 0 Å². The third-order valence-electron chi connectivity index (χ3n) is 13.9. The van der Waals surface area contributed by atoms with Crippen LogP contribution in [0, 0.1) is 0 Å². The van der Waals surface area contributed by atoms with Crippen molar-refractivity contribution < 1.29 is 0 Å². The van der Waals surface area contributed by atoms with Gasteiger partial charge in [-0.25, -0.2) is 15.0 Å². The van der Waals surface area contributed by atoms with Crippen LogP contribution in [0.3, 0.4) is 0 Å². The van der Waals surface area contributed by atoms with Gasteiger partial charge in [0.2, 0.25) is 0 Å². The fourth-order valence-corrected chi connectivity index (χ4v) is 10.5. The van der Waals surface area contributed by atoms with Crippen LogP contribution < -0.4 is 0 Å². The fourth-order valence-electron chi connectivity index (χ4n) is 10.5. The van der Waals surface area contributed by atoms with Gasteiger partial charge in [0.1, 0.15) is 0 Å². The van der Waals surface area contributed by atoms with Crippen molar-refractivity contribution >= 4 is 54.5 Å². The maximum absolute atomic E-state index is 5.26. The summed E-state index contributed by atoms with van der Waals surface area (Å²) in [6.45, 7) is 0. The van der Waals surface area contributed by atoms with Gasteiger partial charge in [0.25, 0.3) is 0 Å². The smallest absolute Gasteiger partial charge is 0.164 e. The van der Waals surface area contributed by atoms with Crippen LogP contribution in [-0.4, -0.2) is 28.7 Å². The van der Waals surface area contributed by atoms with Gasteiger partial charge in [-0.05, 0) is 119 Å². The molecular formula is C65H42N6. The first-order valence-corrected chi connectivity index (χ1v) is 24.0. The average Bonchev–Trinajstić information content (AvgIpc) is 4.13. The fraction of sp³-hybridized carbons (Fsp3) is 0. The standard InChI is InChI=1S/C65H42N6/c1-4-16-43(17-5-1)46-30-33-58-48(38-46)36-37-69(58)52-24-14-20-45(39-52)47-31-34-62-56(41-47)54-26-11-13-29-60(54)71(62)53-25-15-21-49(40-53)64-66-63(44-18-6-2-7-19-44)67-65(68-64)50-32-35-61-57(42-50)55-27-10-12-28-59(55)70(61)51-22-8-3-9-23-51/h1-42H. The molecule has 0 saturated carbocycles. The Bertz CT molecular complexity index is 4340. The second-order valence-electron chi connectivity index (χ2n) is 18.1. The van der Waals surface area contributed by atoms with E-state index in [4.69, 9.17) is 15.0 Å². The van der Waals surface area contributed by atoms with Gasteiger partial charge in [-0.2, -0.15) is 0 Å². The summed E-state index contributed by atoms with van der Waals surface area (Å²) in [5.41, 5.74) is 16.5. The number of rotatable bonds is 8. The van der Waals surface area contributed by atoms with E-state index in [1.165, 1.54) is 38.2 Å². The number of hydrogen-bond donors (Lipinski definition) is 0. The molecule has 0 unspecified atom stereocenters. The molecule has 14 aromatic rings. The van der Waals surface area contributed by atoms with E-state index < -0.39 is 0 Å². The maximum Gasteiger partial charge on any atom is 0.164 e. The second-order valence-corrected chi connectivity index (χ2v) is 18.1. The highest BCUT2D eigenvalue weighted by Gasteiger charge is 2.19.